The molecule has 0 aromatic heterocycles. The molecule has 0 amide bonds. The van der Waals surface area contributed by atoms with Crippen LogP contribution in [0.2, 0.25) is 0 Å². The quantitative estimate of drug-likeness (QED) is 0.728. The molecule has 2 aliphatic rings. The largest absolute Gasteiger partial charge is 0.496 e. The van der Waals surface area contributed by atoms with Gasteiger partial charge in [0.15, 0.2) is 0 Å². The molecule has 0 aliphatic heterocycles. The van der Waals surface area contributed by atoms with Gasteiger partial charge in [-0.25, -0.2) is 0 Å². The van der Waals surface area contributed by atoms with Gasteiger partial charge in [0.2, 0.25) is 0 Å². The number of methoxy groups -OCH3 is 1. The molecule has 0 heterocycles. The first-order valence-electron chi connectivity index (χ1n) is 6.42. The summed E-state index contributed by atoms with van der Waals surface area (Å²) in [5.41, 5.74) is 2.83. The molecule has 2 fully saturated rings. The monoisotopic (exact) mass is 216 g/mol. The van der Waals surface area contributed by atoms with Crippen molar-refractivity contribution in [1.82, 2.24) is 0 Å². The van der Waals surface area contributed by atoms with Gasteiger partial charge < -0.3 is 4.74 Å². The van der Waals surface area contributed by atoms with Crippen LogP contribution < -0.4 is 4.74 Å². The van der Waals surface area contributed by atoms with Crippen LogP contribution >= 0.6 is 0 Å². The zero-order chi connectivity index (χ0) is 11.1. The number of aryl methyl sites for hydroxylation is 1. The van der Waals surface area contributed by atoms with Crippen molar-refractivity contribution < 1.29 is 4.74 Å². The lowest BCUT2D eigenvalue weighted by atomic mass is 9.82. The summed E-state index contributed by atoms with van der Waals surface area (Å²) in [5, 5.41) is 0. The number of benzene rings is 1. The fourth-order valence-corrected chi connectivity index (χ4v) is 3.77. The molecule has 0 N–H and O–H groups in total. The lowest BCUT2D eigenvalue weighted by Crippen LogP contribution is -2.10. The van der Waals surface area contributed by atoms with Crippen LogP contribution in [0.3, 0.4) is 0 Å². The van der Waals surface area contributed by atoms with E-state index in [4.69, 9.17) is 4.74 Å². The van der Waals surface area contributed by atoms with Crippen molar-refractivity contribution in [3.63, 3.8) is 0 Å². The van der Waals surface area contributed by atoms with E-state index in [1.807, 2.05) is 0 Å². The molecule has 2 saturated carbocycles. The predicted octanol–water partition coefficient (Wildman–Crippen LogP) is 3.91. The maximum absolute atomic E-state index is 5.52. The molecule has 3 atom stereocenters. The van der Waals surface area contributed by atoms with Gasteiger partial charge in [0, 0.05) is 0 Å². The average molecular weight is 216 g/mol. The van der Waals surface area contributed by atoms with E-state index in [2.05, 4.69) is 25.1 Å². The maximum atomic E-state index is 5.52. The van der Waals surface area contributed by atoms with E-state index in [1.165, 1.54) is 36.8 Å². The Bertz CT molecular complexity index is 396. The minimum atomic E-state index is 0.772. The minimum absolute atomic E-state index is 0.772. The highest BCUT2D eigenvalue weighted by molar-refractivity contribution is 5.40. The second-order valence-electron chi connectivity index (χ2n) is 5.53. The van der Waals surface area contributed by atoms with Crippen LogP contribution in [-0.2, 0) is 0 Å². The number of ether oxygens (including phenoxy) is 1. The minimum Gasteiger partial charge on any atom is -0.496 e. The molecule has 2 aliphatic carbocycles. The number of fused-ring (bicyclic) bond motifs is 2. The summed E-state index contributed by atoms with van der Waals surface area (Å²) >= 11 is 0. The lowest BCUT2D eigenvalue weighted by Gasteiger charge is -2.24. The smallest absolute Gasteiger partial charge is 0.122 e. The number of rotatable bonds is 2. The fraction of sp³-hybridized carbons (Fsp3) is 0.600. The van der Waals surface area contributed by atoms with Crippen LogP contribution in [0, 0.1) is 18.8 Å². The van der Waals surface area contributed by atoms with Crippen LogP contribution in [0.5, 0.6) is 5.75 Å². The van der Waals surface area contributed by atoms with Crippen LogP contribution in [-0.4, -0.2) is 7.11 Å². The van der Waals surface area contributed by atoms with Crippen molar-refractivity contribution in [2.24, 2.45) is 11.8 Å². The summed E-state index contributed by atoms with van der Waals surface area (Å²) in [6.07, 6.45) is 5.76. The first-order chi connectivity index (χ1) is 7.78. The summed E-state index contributed by atoms with van der Waals surface area (Å²) in [7, 11) is 1.79. The summed E-state index contributed by atoms with van der Waals surface area (Å²) in [6.45, 7) is 2.18. The van der Waals surface area contributed by atoms with Gasteiger partial charge in [0.25, 0.3) is 0 Å². The van der Waals surface area contributed by atoms with Crippen molar-refractivity contribution in [2.45, 2.75) is 38.5 Å². The van der Waals surface area contributed by atoms with Crippen LogP contribution in [0.4, 0.5) is 0 Å². The first kappa shape index (κ1) is 10.2. The molecule has 1 nitrogen and oxygen atoms in total. The molecule has 0 radical (unpaired) electrons. The molecule has 3 rings (SSSR count). The van der Waals surface area contributed by atoms with E-state index in [0.717, 1.165) is 23.5 Å². The Balaban J connectivity index is 1.96. The van der Waals surface area contributed by atoms with E-state index < -0.39 is 0 Å². The van der Waals surface area contributed by atoms with Crippen LogP contribution in [0.1, 0.15) is 42.7 Å². The highest BCUT2D eigenvalue weighted by Gasteiger charge is 2.41. The van der Waals surface area contributed by atoms with Gasteiger partial charge in [0.1, 0.15) is 5.75 Å². The predicted molar refractivity (Wildman–Crippen MR) is 65.9 cm³/mol. The molecule has 0 spiro atoms. The van der Waals surface area contributed by atoms with Crippen molar-refractivity contribution in [2.75, 3.05) is 7.11 Å². The summed E-state index contributed by atoms with van der Waals surface area (Å²) in [4.78, 5) is 0. The second-order valence-corrected chi connectivity index (χ2v) is 5.53. The molecular formula is C15H20O. The van der Waals surface area contributed by atoms with Gasteiger partial charge in [-0.1, -0.05) is 24.1 Å². The highest BCUT2D eigenvalue weighted by atomic mass is 16.5. The lowest BCUT2D eigenvalue weighted by molar-refractivity contribution is 0.377. The fourth-order valence-electron chi connectivity index (χ4n) is 3.77. The first-order valence-corrected chi connectivity index (χ1v) is 6.42. The van der Waals surface area contributed by atoms with Gasteiger partial charge in [-0.05, 0) is 55.6 Å². The molecule has 0 unspecified atom stereocenters. The second kappa shape index (κ2) is 3.80. The third-order valence-corrected chi connectivity index (χ3v) is 4.52. The Labute approximate surface area is 97.8 Å². The van der Waals surface area contributed by atoms with Gasteiger partial charge in [0.05, 0.1) is 7.11 Å². The SMILES string of the molecule is COc1ccc(C)cc1[C@H]1C[C@@H]2CC[C@H]1C2. The van der Waals surface area contributed by atoms with E-state index in [0.29, 0.717) is 0 Å². The van der Waals surface area contributed by atoms with Crippen molar-refractivity contribution in [1.29, 1.82) is 0 Å². The van der Waals surface area contributed by atoms with Crippen LogP contribution in [0.25, 0.3) is 0 Å². The van der Waals surface area contributed by atoms with Gasteiger partial charge in [-0.15, -0.1) is 0 Å². The van der Waals surface area contributed by atoms with E-state index in [-0.39, 0.29) is 0 Å². The average Bonchev–Trinajstić information content (AvgIpc) is 2.90. The summed E-state index contributed by atoms with van der Waals surface area (Å²) in [6, 6.07) is 6.62. The van der Waals surface area contributed by atoms with Gasteiger partial charge in [-0.3, -0.25) is 0 Å². The number of hydrogen-bond donors (Lipinski definition) is 0. The highest BCUT2D eigenvalue weighted by Crippen LogP contribution is 2.54. The summed E-state index contributed by atoms with van der Waals surface area (Å²) in [5.74, 6) is 3.80. The molecule has 0 saturated heterocycles. The van der Waals surface area contributed by atoms with Crippen molar-refractivity contribution in [3.05, 3.63) is 29.3 Å². The van der Waals surface area contributed by atoms with E-state index >= 15 is 0 Å². The zero-order valence-corrected chi connectivity index (χ0v) is 10.2. The van der Waals surface area contributed by atoms with Crippen LogP contribution in [0.15, 0.2) is 18.2 Å². The Morgan fingerprint density at radius 3 is 2.69 bits per heavy atom. The maximum Gasteiger partial charge on any atom is 0.122 e. The van der Waals surface area contributed by atoms with E-state index in [1.54, 1.807) is 7.11 Å². The topological polar surface area (TPSA) is 9.23 Å². The molecule has 16 heavy (non-hydrogen) atoms. The standard InChI is InChI=1S/C15H20O/c1-10-3-6-15(16-2)14(7-10)13-9-11-4-5-12(13)8-11/h3,6-7,11-13H,4-5,8-9H2,1-2H3/t11-,12+,13+/m1/s1. The Hall–Kier alpha value is -0.980. The Morgan fingerprint density at radius 2 is 2.06 bits per heavy atom. The Morgan fingerprint density at radius 1 is 1.19 bits per heavy atom. The normalized spacial score (nSPS) is 32.0. The van der Waals surface area contributed by atoms with Crippen molar-refractivity contribution >= 4 is 0 Å². The van der Waals surface area contributed by atoms with Gasteiger partial charge >= 0.3 is 0 Å². The molecule has 86 valence electrons. The third-order valence-electron chi connectivity index (χ3n) is 4.52. The van der Waals surface area contributed by atoms with Gasteiger partial charge in [-0.2, -0.15) is 0 Å². The van der Waals surface area contributed by atoms with Crippen molar-refractivity contribution in [3.8, 4) is 5.75 Å². The molecule has 1 heteroatoms. The summed E-state index contributed by atoms with van der Waals surface area (Å²) < 4.78 is 5.52. The Kier molecular flexibility index (Phi) is 2.42. The third kappa shape index (κ3) is 1.53. The molecular weight excluding hydrogens is 196 g/mol. The molecule has 1 aromatic rings. The zero-order valence-electron chi connectivity index (χ0n) is 10.2. The van der Waals surface area contributed by atoms with E-state index in [9.17, 15) is 0 Å². The molecule has 1 aromatic carbocycles. The molecule has 2 bridgehead atoms. The number of hydrogen-bond acceptors (Lipinski definition) is 1.